The van der Waals surface area contributed by atoms with E-state index in [4.69, 9.17) is 15.7 Å². The molecule has 0 aromatic carbocycles. The monoisotopic (exact) mass is 244 g/mol. The molecule has 0 aliphatic carbocycles. The molecule has 0 saturated heterocycles. The molecule has 0 aliphatic heterocycles. The number of rotatable bonds is 7. The van der Waals surface area contributed by atoms with Crippen LogP contribution in [-0.4, -0.2) is 42.8 Å². The van der Waals surface area contributed by atoms with Crippen molar-refractivity contribution in [1.82, 2.24) is 4.98 Å². The number of hydrogen-bond acceptors (Lipinski definition) is 6. The SMILES string of the molecule is COCCN(CCC(N)=NO)c1nccs1. The summed E-state index contributed by atoms with van der Waals surface area (Å²) in [5.74, 6) is 0.221. The summed E-state index contributed by atoms with van der Waals surface area (Å²) in [4.78, 5) is 6.27. The van der Waals surface area contributed by atoms with Crippen LogP contribution in [0.2, 0.25) is 0 Å². The Morgan fingerprint density at radius 2 is 2.50 bits per heavy atom. The predicted octanol–water partition coefficient (Wildman–Crippen LogP) is 0.732. The molecule has 1 aromatic rings. The molecule has 3 N–H and O–H groups in total. The normalized spacial score (nSPS) is 11.7. The van der Waals surface area contributed by atoms with E-state index in [2.05, 4.69) is 10.1 Å². The van der Waals surface area contributed by atoms with E-state index in [9.17, 15) is 0 Å². The van der Waals surface area contributed by atoms with Gasteiger partial charge < -0.3 is 20.6 Å². The van der Waals surface area contributed by atoms with Gasteiger partial charge in [-0.25, -0.2) is 4.98 Å². The van der Waals surface area contributed by atoms with Crippen molar-refractivity contribution in [3.05, 3.63) is 11.6 Å². The van der Waals surface area contributed by atoms with Crippen LogP contribution < -0.4 is 10.6 Å². The van der Waals surface area contributed by atoms with Crippen molar-refractivity contribution < 1.29 is 9.94 Å². The van der Waals surface area contributed by atoms with E-state index < -0.39 is 0 Å². The fourth-order valence-electron chi connectivity index (χ4n) is 1.18. The summed E-state index contributed by atoms with van der Waals surface area (Å²) in [6.07, 6.45) is 2.25. The van der Waals surface area contributed by atoms with Crippen LogP contribution in [0, 0.1) is 0 Å². The van der Waals surface area contributed by atoms with Crippen LogP contribution in [0.5, 0.6) is 0 Å². The molecule has 0 amide bonds. The van der Waals surface area contributed by atoms with Crippen molar-refractivity contribution in [1.29, 1.82) is 0 Å². The third kappa shape index (κ3) is 4.03. The maximum atomic E-state index is 8.46. The highest BCUT2D eigenvalue weighted by molar-refractivity contribution is 7.13. The van der Waals surface area contributed by atoms with E-state index in [-0.39, 0.29) is 5.84 Å². The zero-order valence-corrected chi connectivity index (χ0v) is 9.98. The van der Waals surface area contributed by atoms with Crippen molar-refractivity contribution >= 4 is 22.3 Å². The minimum Gasteiger partial charge on any atom is -0.409 e. The number of anilines is 1. The van der Waals surface area contributed by atoms with Gasteiger partial charge in [-0.15, -0.1) is 11.3 Å². The second-order valence-electron chi connectivity index (χ2n) is 3.14. The Hall–Kier alpha value is -1.34. The molecule has 0 aliphatic rings. The third-order valence-electron chi connectivity index (χ3n) is 2.02. The Labute approximate surface area is 98.3 Å². The van der Waals surface area contributed by atoms with Crippen LogP contribution in [0.1, 0.15) is 6.42 Å². The summed E-state index contributed by atoms with van der Waals surface area (Å²) in [5.41, 5.74) is 5.43. The van der Waals surface area contributed by atoms with Crippen LogP contribution in [0.25, 0.3) is 0 Å². The molecule has 0 fully saturated rings. The Morgan fingerprint density at radius 3 is 3.06 bits per heavy atom. The first-order valence-corrected chi connectivity index (χ1v) is 5.75. The lowest BCUT2D eigenvalue weighted by Gasteiger charge is -2.20. The second kappa shape index (κ2) is 7.02. The highest BCUT2D eigenvalue weighted by atomic mass is 32.1. The predicted molar refractivity (Wildman–Crippen MR) is 64.2 cm³/mol. The molecule has 1 aromatic heterocycles. The van der Waals surface area contributed by atoms with Gasteiger partial charge in [-0.2, -0.15) is 0 Å². The van der Waals surface area contributed by atoms with Crippen LogP contribution in [-0.2, 0) is 4.74 Å². The summed E-state index contributed by atoms with van der Waals surface area (Å²) in [6, 6.07) is 0. The molecule has 0 unspecified atom stereocenters. The largest absolute Gasteiger partial charge is 0.409 e. The number of hydrogen-bond donors (Lipinski definition) is 2. The third-order valence-corrected chi connectivity index (χ3v) is 2.85. The van der Waals surface area contributed by atoms with E-state index >= 15 is 0 Å². The number of nitrogens with zero attached hydrogens (tertiary/aromatic N) is 3. The van der Waals surface area contributed by atoms with Gasteiger partial charge in [-0.1, -0.05) is 5.16 Å². The van der Waals surface area contributed by atoms with Gasteiger partial charge in [0.05, 0.1) is 6.61 Å². The van der Waals surface area contributed by atoms with Crippen molar-refractivity contribution in [2.45, 2.75) is 6.42 Å². The molecule has 90 valence electrons. The van der Waals surface area contributed by atoms with Crippen LogP contribution in [0.3, 0.4) is 0 Å². The van der Waals surface area contributed by atoms with E-state index in [0.717, 1.165) is 11.7 Å². The Kier molecular flexibility index (Phi) is 5.58. The number of amidine groups is 1. The quantitative estimate of drug-likeness (QED) is 0.320. The van der Waals surface area contributed by atoms with Gasteiger partial charge in [-0.3, -0.25) is 0 Å². The first-order valence-electron chi connectivity index (χ1n) is 4.87. The molecule has 1 heterocycles. The maximum absolute atomic E-state index is 8.46. The van der Waals surface area contributed by atoms with Gasteiger partial charge >= 0.3 is 0 Å². The summed E-state index contributed by atoms with van der Waals surface area (Å²) >= 11 is 1.56. The fourth-order valence-corrected chi connectivity index (χ4v) is 1.87. The Balaban J connectivity index is 2.51. The first-order chi connectivity index (χ1) is 7.77. The van der Waals surface area contributed by atoms with E-state index in [1.54, 1.807) is 24.6 Å². The molecular formula is C9H16N4O2S. The molecule has 1 rings (SSSR count). The van der Waals surface area contributed by atoms with Gasteiger partial charge in [0, 0.05) is 38.2 Å². The number of oxime groups is 1. The topological polar surface area (TPSA) is 84.0 Å². The summed E-state index contributed by atoms with van der Waals surface area (Å²) in [7, 11) is 1.66. The van der Waals surface area contributed by atoms with Gasteiger partial charge in [0.1, 0.15) is 5.84 Å². The molecule has 0 atom stereocenters. The molecule has 7 heteroatoms. The number of ether oxygens (including phenoxy) is 1. The average Bonchev–Trinajstić information content (AvgIpc) is 2.82. The van der Waals surface area contributed by atoms with Gasteiger partial charge in [-0.05, 0) is 0 Å². The minimum absolute atomic E-state index is 0.221. The van der Waals surface area contributed by atoms with Gasteiger partial charge in [0.15, 0.2) is 5.13 Å². The number of methoxy groups -OCH3 is 1. The van der Waals surface area contributed by atoms with E-state index in [1.165, 1.54) is 0 Å². The summed E-state index contributed by atoms with van der Waals surface area (Å²) in [5, 5.41) is 14.2. The van der Waals surface area contributed by atoms with Crippen LogP contribution >= 0.6 is 11.3 Å². The second-order valence-corrected chi connectivity index (χ2v) is 4.01. The molecule has 0 bridgehead atoms. The van der Waals surface area contributed by atoms with Gasteiger partial charge in [0.25, 0.3) is 0 Å². The maximum Gasteiger partial charge on any atom is 0.185 e. The van der Waals surface area contributed by atoms with Crippen molar-refractivity contribution in [3.8, 4) is 0 Å². The van der Waals surface area contributed by atoms with E-state index in [0.29, 0.717) is 19.6 Å². The molecule has 0 spiro atoms. The molecule has 16 heavy (non-hydrogen) atoms. The highest BCUT2D eigenvalue weighted by Crippen LogP contribution is 2.17. The highest BCUT2D eigenvalue weighted by Gasteiger charge is 2.09. The lowest BCUT2D eigenvalue weighted by Crippen LogP contribution is -2.31. The van der Waals surface area contributed by atoms with Gasteiger partial charge in [0.2, 0.25) is 0 Å². The van der Waals surface area contributed by atoms with Crippen LogP contribution in [0.4, 0.5) is 5.13 Å². The molecule has 0 saturated carbocycles. The summed E-state index contributed by atoms with van der Waals surface area (Å²) in [6.45, 7) is 2.02. The molecular weight excluding hydrogens is 228 g/mol. The zero-order chi connectivity index (χ0) is 11.8. The number of thiazole rings is 1. The van der Waals surface area contributed by atoms with Crippen molar-refractivity contribution in [2.75, 3.05) is 31.7 Å². The zero-order valence-electron chi connectivity index (χ0n) is 9.17. The lowest BCUT2D eigenvalue weighted by molar-refractivity contribution is 0.205. The smallest absolute Gasteiger partial charge is 0.185 e. The first kappa shape index (κ1) is 12.7. The van der Waals surface area contributed by atoms with Crippen LogP contribution in [0.15, 0.2) is 16.7 Å². The van der Waals surface area contributed by atoms with Crippen molar-refractivity contribution in [2.24, 2.45) is 10.9 Å². The number of nitrogens with two attached hydrogens (primary N) is 1. The fraction of sp³-hybridized carbons (Fsp3) is 0.556. The number of aromatic nitrogens is 1. The molecule has 0 radical (unpaired) electrons. The standard InChI is InChI=1S/C9H16N4O2S/c1-15-6-5-13(4-2-8(10)12-14)9-11-3-7-16-9/h3,7,14H,2,4-6H2,1H3,(H2,10,12). The Morgan fingerprint density at radius 1 is 1.69 bits per heavy atom. The Bertz CT molecular complexity index is 315. The molecule has 6 nitrogen and oxygen atoms in total. The minimum atomic E-state index is 0.221. The summed E-state index contributed by atoms with van der Waals surface area (Å²) < 4.78 is 5.03. The average molecular weight is 244 g/mol. The van der Waals surface area contributed by atoms with E-state index in [1.807, 2.05) is 10.3 Å². The van der Waals surface area contributed by atoms with Crippen molar-refractivity contribution in [3.63, 3.8) is 0 Å². The lowest BCUT2D eigenvalue weighted by atomic mass is 10.3.